The number of nitrogens with one attached hydrogen (secondary N) is 1. The SMILES string of the molecule is Cc1csc(Cc2noc(C3(C)CCNCC3)n2)n1. The number of hydrogen-bond acceptors (Lipinski definition) is 6. The predicted molar refractivity (Wildman–Crippen MR) is 73.4 cm³/mol. The Morgan fingerprint density at radius 3 is 2.84 bits per heavy atom. The molecule has 1 N–H and O–H groups in total. The summed E-state index contributed by atoms with van der Waals surface area (Å²) >= 11 is 1.65. The summed E-state index contributed by atoms with van der Waals surface area (Å²) in [6, 6.07) is 0. The van der Waals surface area contributed by atoms with Crippen LogP contribution in [-0.4, -0.2) is 28.2 Å². The van der Waals surface area contributed by atoms with Gasteiger partial charge in [0.15, 0.2) is 5.82 Å². The number of rotatable bonds is 3. The van der Waals surface area contributed by atoms with Crippen LogP contribution in [0.1, 0.15) is 42.2 Å². The predicted octanol–water partition coefficient (Wildman–Crippen LogP) is 2.07. The molecule has 0 bridgehead atoms. The molecule has 0 radical (unpaired) electrons. The van der Waals surface area contributed by atoms with E-state index >= 15 is 0 Å². The van der Waals surface area contributed by atoms with Crippen molar-refractivity contribution >= 4 is 11.3 Å². The Balaban J connectivity index is 1.75. The van der Waals surface area contributed by atoms with Crippen LogP contribution in [0.2, 0.25) is 0 Å². The second-order valence-corrected chi connectivity index (χ2v) is 6.33. The van der Waals surface area contributed by atoms with Crippen LogP contribution >= 0.6 is 11.3 Å². The Bertz CT molecular complexity index is 556. The van der Waals surface area contributed by atoms with E-state index in [1.54, 1.807) is 11.3 Å². The summed E-state index contributed by atoms with van der Waals surface area (Å²) in [6.07, 6.45) is 2.76. The maximum atomic E-state index is 5.47. The minimum Gasteiger partial charge on any atom is -0.339 e. The second kappa shape index (κ2) is 5.02. The monoisotopic (exact) mass is 278 g/mol. The molecule has 102 valence electrons. The molecule has 3 rings (SSSR count). The van der Waals surface area contributed by atoms with Crippen LogP contribution in [0.25, 0.3) is 0 Å². The summed E-state index contributed by atoms with van der Waals surface area (Å²) in [6.45, 7) is 6.23. The minimum absolute atomic E-state index is 0.0231. The molecule has 1 saturated heterocycles. The van der Waals surface area contributed by atoms with Crippen molar-refractivity contribution in [1.82, 2.24) is 20.4 Å². The van der Waals surface area contributed by atoms with Gasteiger partial charge in [-0.3, -0.25) is 0 Å². The lowest BCUT2D eigenvalue weighted by Crippen LogP contribution is -2.37. The average Bonchev–Trinajstić information content (AvgIpc) is 3.01. The van der Waals surface area contributed by atoms with Gasteiger partial charge in [-0.05, 0) is 32.9 Å². The zero-order chi connectivity index (χ0) is 13.3. The van der Waals surface area contributed by atoms with Crippen molar-refractivity contribution in [2.75, 3.05) is 13.1 Å². The third-order valence-electron chi connectivity index (χ3n) is 3.67. The van der Waals surface area contributed by atoms with Crippen LogP contribution in [0.5, 0.6) is 0 Å². The molecule has 2 aromatic heterocycles. The van der Waals surface area contributed by atoms with E-state index in [0.29, 0.717) is 6.42 Å². The summed E-state index contributed by atoms with van der Waals surface area (Å²) in [5.74, 6) is 1.52. The van der Waals surface area contributed by atoms with Gasteiger partial charge in [0.2, 0.25) is 5.89 Å². The molecule has 0 saturated carbocycles. The number of piperidine rings is 1. The molecule has 6 heteroatoms. The van der Waals surface area contributed by atoms with Gasteiger partial charge in [0.05, 0.1) is 6.42 Å². The first kappa shape index (κ1) is 12.7. The van der Waals surface area contributed by atoms with Crippen LogP contribution < -0.4 is 5.32 Å². The van der Waals surface area contributed by atoms with Crippen molar-refractivity contribution in [2.24, 2.45) is 0 Å². The molecule has 2 aromatic rings. The lowest BCUT2D eigenvalue weighted by atomic mass is 9.81. The van der Waals surface area contributed by atoms with Gasteiger partial charge < -0.3 is 9.84 Å². The molecule has 19 heavy (non-hydrogen) atoms. The molecule has 0 aliphatic carbocycles. The molecule has 1 aliphatic rings. The zero-order valence-corrected chi connectivity index (χ0v) is 12.1. The van der Waals surface area contributed by atoms with Crippen LogP contribution in [0, 0.1) is 6.92 Å². The lowest BCUT2D eigenvalue weighted by Gasteiger charge is -2.30. The minimum atomic E-state index is 0.0231. The topological polar surface area (TPSA) is 63.8 Å². The van der Waals surface area contributed by atoms with Gasteiger partial charge in [-0.15, -0.1) is 11.3 Å². The number of hydrogen-bond donors (Lipinski definition) is 1. The van der Waals surface area contributed by atoms with E-state index in [-0.39, 0.29) is 5.41 Å². The maximum Gasteiger partial charge on any atom is 0.232 e. The smallest absolute Gasteiger partial charge is 0.232 e. The molecule has 0 atom stereocenters. The molecule has 1 aliphatic heterocycles. The number of nitrogens with zero attached hydrogens (tertiary/aromatic N) is 3. The highest BCUT2D eigenvalue weighted by Crippen LogP contribution is 2.31. The van der Waals surface area contributed by atoms with Gasteiger partial charge in [0.25, 0.3) is 0 Å². The quantitative estimate of drug-likeness (QED) is 0.931. The summed E-state index contributed by atoms with van der Waals surface area (Å²) in [5, 5.41) is 10.6. The number of thiazole rings is 1. The highest BCUT2D eigenvalue weighted by atomic mass is 32.1. The van der Waals surface area contributed by atoms with Gasteiger partial charge in [0.1, 0.15) is 5.01 Å². The molecular formula is C13H18N4OS. The Labute approximate surface area is 116 Å². The molecule has 3 heterocycles. The van der Waals surface area contributed by atoms with E-state index < -0.39 is 0 Å². The Hall–Kier alpha value is -1.27. The Kier molecular flexibility index (Phi) is 3.36. The summed E-state index contributed by atoms with van der Waals surface area (Å²) in [5.41, 5.74) is 1.07. The van der Waals surface area contributed by atoms with E-state index in [1.165, 1.54) is 0 Å². The van der Waals surface area contributed by atoms with Crippen molar-refractivity contribution in [1.29, 1.82) is 0 Å². The normalized spacial score (nSPS) is 18.6. The van der Waals surface area contributed by atoms with E-state index in [0.717, 1.165) is 48.3 Å². The standard InChI is InChI=1S/C13H18N4OS/c1-9-8-19-11(15-9)7-10-16-12(18-17-10)13(2)3-5-14-6-4-13/h8,14H,3-7H2,1-2H3. The molecule has 0 unspecified atom stereocenters. The maximum absolute atomic E-state index is 5.47. The van der Waals surface area contributed by atoms with Crippen LogP contribution in [0.15, 0.2) is 9.90 Å². The molecule has 0 amide bonds. The van der Waals surface area contributed by atoms with E-state index in [9.17, 15) is 0 Å². The van der Waals surface area contributed by atoms with Crippen molar-refractivity contribution in [3.05, 3.63) is 27.8 Å². The van der Waals surface area contributed by atoms with Gasteiger partial charge in [0, 0.05) is 16.5 Å². The first-order chi connectivity index (χ1) is 9.16. The fraction of sp³-hybridized carbons (Fsp3) is 0.615. The molecule has 1 fully saturated rings. The summed E-state index contributed by atoms with van der Waals surface area (Å²) in [4.78, 5) is 9.00. The van der Waals surface area contributed by atoms with Crippen molar-refractivity contribution < 1.29 is 4.52 Å². The van der Waals surface area contributed by atoms with E-state index in [2.05, 4.69) is 27.4 Å². The van der Waals surface area contributed by atoms with Gasteiger partial charge in [-0.2, -0.15) is 4.98 Å². The first-order valence-corrected chi connectivity index (χ1v) is 7.48. The van der Waals surface area contributed by atoms with Crippen LogP contribution in [0.3, 0.4) is 0 Å². The van der Waals surface area contributed by atoms with E-state index in [1.807, 2.05) is 12.3 Å². The summed E-state index contributed by atoms with van der Waals surface area (Å²) in [7, 11) is 0. The fourth-order valence-electron chi connectivity index (χ4n) is 2.38. The molecule has 0 spiro atoms. The van der Waals surface area contributed by atoms with E-state index in [4.69, 9.17) is 4.52 Å². The fourth-order valence-corrected chi connectivity index (χ4v) is 3.15. The van der Waals surface area contributed by atoms with Crippen molar-refractivity contribution in [2.45, 2.75) is 38.5 Å². The second-order valence-electron chi connectivity index (χ2n) is 5.39. The molecule has 0 aromatic carbocycles. The first-order valence-electron chi connectivity index (χ1n) is 6.60. The van der Waals surface area contributed by atoms with Crippen molar-refractivity contribution in [3.63, 3.8) is 0 Å². The van der Waals surface area contributed by atoms with Gasteiger partial charge in [-0.1, -0.05) is 12.1 Å². The van der Waals surface area contributed by atoms with Crippen LogP contribution in [0.4, 0.5) is 0 Å². The van der Waals surface area contributed by atoms with Crippen molar-refractivity contribution in [3.8, 4) is 0 Å². The van der Waals surface area contributed by atoms with Gasteiger partial charge in [-0.25, -0.2) is 4.98 Å². The summed E-state index contributed by atoms with van der Waals surface area (Å²) < 4.78 is 5.47. The largest absolute Gasteiger partial charge is 0.339 e. The molecular weight excluding hydrogens is 260 g/mol. The Morgan fingerprint density at radius 1 is 1.37 bits per heavy atom. The highest BCUT2D eigenvalue weighted by Gasteiger charge is 2.34. The molecule has 5 nitrogen and oxygen atoms in total. The van der Waals surface area contributed by atoms with Gasteiger partial charge >= 0.3 is 0 Å². The third-order valence-corrected chi connectivity index (χ3v) is 4.63. The zero-order valence-electron chi connectivity index (χ0n) is 11.3. The lowest BCUT2D eigenvalue weighted by molar-refractivity contribution is 0.240. The average molecular weight is 278 g/mol. The highest BCUT2D eigenvalue weighted by molar-refractivity contribution is 7.09. The van der Waals surface area contributed by atoms with Crippen LogP contribution in [-0.2, 0) is 11.8 Å². The Morgan fingerprint density at radius 2 is 2.16 bits per heavy atom. The third kappa shape index (κ3) is 2.69. The number of aromatic nitrogens is 3. The number of aryl methyl sites for hydroxylation is 1.